The molecule has 0 radical (unpaired) electrons. The van der Waals surface area contributed by atoms with Gasteiger partial charge in [0.1, 0.15) is 0 Å². The molecule has 1 aliphatic rings. The lowest BCUT2D eigenvalue weighted by atomic mass is 9.78. The smallest absolute Gasteiger partial charge is 0.228 e. The van der Waals surface area contributed by atoms with Crippen molar-refractivity contribution in [2.75, 3.05) is 33.4 Å². The van der Waals surface area contributed by atoms with Gasteiger partial charge in [-0.05, 0) is 50.0 Å². The van der Waals surface area contributed by atoms with Gasteiger partial charge in [0.05, 0.1) is 12.0 Å². The number of piperidine rings is 1. The third-order valence-electron chi connectivity index (χ3n) is 4.08. The topological polar surface area (TPSA) is 50.4 Å². The van der Waals surface area contributed by atoms with Crippen molar-refractivity contribution in [2.45, 2.75) is 19.3 Å². The van der Waals surface area contributed by atoms with E-state index in [0.29, 0.717) is 13.2 Å². The molecule has 2 rings (SSSR count). The van der Waals surface area contributed by atoms with E-state index in [2.05, 4.69) is 10.6 Å². The Kier molecular flexibility index (Phi) is 6.03. The minimum Gasteiger partial charge on any atom is -0.384 e. The molecule has 0 bridgehead atoms. The summed E-state index contributed by atoms with van der Waals surface area (Å²) in [7, 11) is 1.66. The van der Waals surface area contributed by atoms with Crippen LogP contribution in [-0.4, -0.2) is 39.3 Å². The second-order valence-electron chi connectivity index (χ2n) is 5.60. The van der Waals surface area contributed by atoms with E-state index in [0.717, 1.165) is 37.4 Å². The van der Waals surface area contributed by atoms with Crippen LogP contribution in [0.5, 0.6) is 0 Å². The fourth-order valence-corrected chi connectivity index (χ4v) is 2.90. The second-order valence-corrected chi connectivity index (χ2v) is 6.03. The highest BCUT2D eigenvalue weighted by Crippen LogP contribution is 2.29. The van der Waals surface area contributed by atoms with Gasteiger partial charge in [-0.25, -0.2) is 0 Å². The fraction of sp³-hybridized carbons (Fsp3) is 0.562. The number of amides is 1. The maximum atomic E-state index is 12.5. The first-order valence-corrected chi connectivity index (χ1v) is 7.76. The first kappa shape index (κ1) is 16.3. The summed E-state index contributed by atoms with van der Waals surface area (Å²) in [6.07, 6.45) is 2.46. The summed E-state index contributed by atoms with van der Waals surface area (Å²) in [6.45, 7) is 2.86. The molecule has 1 fully saturated rings. The van der Waals surface area contributed by atoms with Gasteiger partial charge in [0, 0.05) is 18.7 Å². The first-order chi connectivity index (χ1) is 10.2. The molecular formula is C16H23ClN2O2. The number of carbonyl (C=O) groups excluding carboxylic acids is 1. The van der Waals surface area contributed by atoms with Gasteiger partial charge in [0.15, 0.2) is 0 Å². The van der Waals surface area contributed by atoms with Crippen LogP contribution in [0.3, 0.4) is 0 Å². The van der Waals surface area contributed by atoms with Crippen LogP contribution in [0, 0.1) is 5.41 Å². The monoisotopic (exact) mass is 310 g/mol. The van der Waals surface area contributed by atoms with Crippen molar-refractivity contribution in [1.82, 2.24) is 10.6 Å². The van der Waals surface area contributed by atoms with E-state index < -0.39 is 0 Å². The molecule has 2 N–H and O–H groups in total. The quantitative estimate of drug-likeness (QED) is 0.845. The minimum atomic E-state index is -0.375. The molecule has 0 aromatic heterocycles. The Bertz CT molecular complexity index is 450. The van der Waals surface area contributed by atoms with Crippen molar-refractivity contribution >= 4 is 17.5 Å². The predicted octanol–water partition coefficient (Wildman–Crippen LogP) is 2.01. The highest BCUT2D eigenvalue weighted by Gasteiger charge is 2.39. The average Bonchev–Trinajstić information content (AvgIpc) is 2.50. The molecule has 1 amide bonds. The zero-order valence-electron chi connectivity index (χ0n) is 12.5. The molecule has 1 heterocycles. The van der Waals surface area contributed by atoms with Crippen LogP contribution < -0.4 is 10.6 Å². The lowest BCUT2D eigenvalue weighted by Crippen LogP contribution is -2.50. The van der Waals surface area contributed by atoms with Gasteiger partial charge in [-0.15, -0.1) is 0 Å². The van der Waals surface area contributed by atoms with E-state index in [1.54, 1.807) is 7.11 Å². The Morgan fingerprint density at radius 1 is 1.33 bits per heavy atom. The summed E-state index contributed by atoms with van der Waals surface area (Å²) < 4.78 is 5.28. The number of nitrogens with one attached hydrogen (secondary N) is 2. The number of hydrogen-bond donors (Lipinski definition) is 2. The van der Waals surface area contributed by atoms with Crippen molar-refractivity contribution in [3.63, 3.8) is 0 Å². The molecule has 1 aromatic rings. The number of hydrogen-bond acceptors (Lipinski definition) is 3. The highest BCUT2D eigenvalue weighted by molar-refractivity contribution is 6.30. The average molecular weight is 311 g/mol. The Labute approximate surface area is 131 Å². The zero-order valence-corrected chi connectivity index (χ0v) is 13.2. The van der Waals surface area contributed by atoms with Crippen molar-refractivity contribution in [1.29, 1.82) is 0 Å². The van der Waals surface area contributed by atoms with Crippen LogP contribution >= 0.6 is 11.6 Å². The lowest BCUT2D eigenvalue weighted by molar-refractivity contribution is -0.136. The van der Waals surface area contributed by atoms with Gasteiger partial charge >= 0.3 is 0 Å². The standard InChI is InChI=1S/C16H23ClN2O2/c1-21-12-16(7-10-18-11-8-16)15(20)19-9-6-13-2-4-14(17)5-3-13/h2-5,18H,6-12H2,1H3,(H,19,20). The third kappa shape index (κ3) is 4.43. The number of benzene rings is 1. The van der Waals surface area contributed by atoms with Crippen molar-refractivity contribution in [3.8, 4) is 0 Å². The Morgan fingerprint density at radius 3 is 2.62 bits per heavy atom. The Morgan fingerprint density at radius 2 is 2.00 bits per heavy atom. The number of halogens is 1. The van der Waals surface area contributed by atoms with Crippen LogP contribution in [-0.2, 0) is 16.0 Å². The molecular weight excluding hydrogens is 288 g/mol. The molecule has 5 heteroatoms. The van der Waals surface area contributed by atoms with Crippen LogP contribution in [0.15, 0.2) is 24.3 Å². The van der Waals surface area contributed by atoms with Crippen LogP contribution in [0.1, 0.15) is 18.4 Å². The molecule has 1 aromatic carbocycles. The van der Waals surface area contributed by atoms with Gasteiger partial charge in [-0.3, -0.25) is 4.79 Å². The molecule has 1 saturated heterocycles. The van der Waals surface area contributed by atoms with E-state index in [-0.39, 0.29) is 11.3 Å². The van der Waals surface area contributed by atoms with E-state index in [1.165, 1.54) is 5.56 Å². The first-order valence-electron chi connectivity index (χ1n) is 7.39. The molecule has 1 aliphatic heterocycles. The van der Waals surface area contributed by atoms with Crippen molar-refractivity contribution < 1.29 is 9.53 Å². The third-order valence-corrected chi connectivity index (χ3v) is 4.33. The van der Waals surface area contributed by atoms with Gasteiger partial charge in [-0.1, -0.05) is 23.7 Å². The van der Waals surface area contributed by atoms with Crippen LogP contribution in [0.2, 0.25) is 5.02 Å². The zero-order chi connectivity index (χ0) is 15.1. The van der Waals surface area contributed by atoms with Gasteiger partial charge in [-0.2, -0.15) is 0 Å². The highest BCUT2D eigenvalue weighted by atomic mass is 35.5. The normalized spacial score (nSPS) is 17.4. The lowest BCUT2D eigenvalue weighted by Gasteiger charge is -2.35. The number of carbonyl (C=O) groups is 1. The summed E-state index contributed by atoms with van der Waals surface area (Å²) in [5.74, 6) is 0.111. The maximum Gasteiger partial charge on any atom is 0.228 e. The van der Waals surface area contributed by atoms with Crippen molar-refractivity contribution in [3.05, 3.63) is 34.9 Å². The fourth-order valence-electron chi connectivity index (χ4n) is 2.78. The summed E-state index contributed by atoms with van der Waals surface area (Å²) in [5.41, 5.74) is 0.797. The van der Waals surface area contributed by atoms with Crippen LogP contribution in [0.4, 0.5) is 0 Å². The minimum absolute atomic E-state index is 0.111. The molecule has 0 atom stereocenters. The van der Waals surface area contributed by atoms with E-state index >= 15 is 0 Å². The molecule has 116 valence electrons. The second kappa shape index (κ2) is 7.78. The Hall–Kier alpha value is -1.10. The maximum absolute atomic E-state index is 12.5. The Balaban J connectivity index is 1.85. The van der Waals surface area contributed by atoms with Crippen LogP contribution in [0.25, 0.3) is 0 Å². The van der Waals surface area contributed by atoms with E-state index in [9.17, 15) is 4.79 Å². The SMILES string of the molecule is COCC1(C(=O)NCCc2ccc(Cl)cc2)CCNCC1. The van der Waals surface area contributed by atoms with Gasteiger partial charge < -0.3 is 15.4 Å². The molecule has 21 heavy (non-hydrogen) atoms. The van der Waals surface area contributed by atoms with E-state index in [4.69, 9.17) is 16.3 Å². The summed E-state index contributed by atoms with van der Waals surface area (Å²) >= 11 is 5.86. The molecule has 4 nitrogen and oxygen atoms in total. The van der Waals surface area contributed by atoms with Gasteiger partial charge in [0.2, 0.25) is 5.91 Å². The summed E-state index contributed by atoms with van der Waals surface area (Å²) in [5, 5.41) is 7.09. The number of methoxy groups -OCH3 is 1. The van der Waals surface area contributed by atoms with E-state index in [1.807, 2.05) is 24.3 Å². The van der Waals surface area contributed by atoms with Gasteiger partial charge in [0.25, 0.3) is 0 Å². The number of rotatable bonds is 6. The number of ether oxygens (including phenoxy) is 1. The molecule has 0 unspecified atom stereocenters. The largest absolute Gasteiger partial charge is 0.384 e. The molecule has 0 saturated carbocycles. The predicted molar refractivity (Wildman–Crippen MR) is 84.6 cm³/mol. The molecule has 0 aliphatic carbocycles. The summed E-state index contributed by atoms with van der Waals surface area (Å²) in [4.78, 5) is 12.5. The molecule has 0 spiro atoms. The van der Waals surface area contributed by atoms with Crippen molar-refractivity contribution in [2.24, 2.45) is 5.41 Å². The summed E-state index contributed by atoms with van der Waals surface area (Å²) in [6, 6.07) is 7.73.